The Morgan fingerprint density at radius 3 is 2.62 bits per heavy atom. The highest BCUT2D eigenvalue weighted by Crippen LogP contribution is 2.15. The molecular formula is C13H15N3O5. The molecule has 1 fully saturated rings. The number of hydrogen-bond donors (Lipinski definition) is 3. The molecule has 1 aromatic carbocycles. The number of hydroxylamine groups is 1. The van der Waals surface area contributed by atoms with Crippen LogP contribution in [0.2, 0.25) is 0 Å². The molecule has 1 aromatic rings. The van der Waals surface area contributed by atoms with Gasteiger partial charge in [-0.25, -0.2) is 10.3 Å². The minimum Gasteiger partial charge on any atom is -0.447 e. The van der Waals surface area contributed by atoms with Crippen LogP contribution in [0.3, 0.4) is 0 Å². The highest BCUT2D eigenvalue weighted by Gasteiger charge is 2.45. The fourth-order valence-electron chi connectivity index (χ4n) is 1.88. The third-order valence-corrected chi connectivity index (χ3v) is 2.95. The predicted octanol–water partition coefficient (Wildman–Crippen LogP) is -0.556. The van der Waals surface area contributed by atoms with E-state index in [1.807, 2.05) is 30.3 Å². The van der Waals surface area contributed by atoms with Gasteiger partial charge in [0.1, 0.15) is 12.5 Å². The number of hydrogen-bond acceptors (Lipinski definition) is 5. The summed E-state index contributed by atoms with van der Waals surface area (Å²) in [7, 11) is 0. The molecule has 0 aromatic heterocycles. The van der Waals surface area contributed by atoms with Crippen molar-refractivity contribution in [3.8, 4) is 0 Å². The van der Waals surface area contributed by atoms with Gasteiger partial charge in [-0.1, -0.05) is 30.3 Å². The van der Waals surface area contributed by atoms with Crippen molar-refractivity contribution in [1.82, 2.24) is 10.8 Å². The zero-order chi connectivity index (χ0) is 15.2. The van der Waals surface area contributed by atoms with E-state index >= 15 is 0 Å². The van der Waals surface area contributed by atoms with E-state index in [4.69, 9.17) is 10.6 Å². The van der Waals surface area contributed by atoms with E-state index in [2.05, 4.69) is 15.5 Å². The van der Waals surface area contributed by atoms with Gasteiger partial charge in [0.25, 0.3) is 5.91 Å². The summed E-state index contributed by atoms with van der Waals surface area (Å²) < 4.78 is 4.55. The molecule has 1 aliphatic rings. The van der Waals surface area contributed by atoms with E-state index in [0.717, 1.165) is 5.56 Å². The van der Waals surface area contributed by atoms with E-state index in [0.29, 0.717) is 0 Å². The molecule has 0 radical (unpaired) electrons. The molecule has 1 aliphatic heterocycles. The Balaban J connectivity index is 1.76. The summed E-state index contributed by atoms with van der Waals surface area (Å²) in [6.45, 7) is 0.0290. The number of rotatable bonds is 6. The van der Waals surface area contributed by atoms with Crippen molar-refractivity contribution in [2.24, 2.45) is 11.7 Å². The number of β-lactam (4-membered cyclic amide) rings is 1. The SMILES string of the molecule is NC(=O)OC[C@H]1NC(=O)[C@H]1C(=O)NOCc1ccccc1. The normalized spacial score (nSPS) is 20.1. The lowest BCUT2D eigenvalue weighted by molar-refractivity contribution is -0.153. The molecule has 0 spiro atoms. The quantitative estimate of drug-likeness (QED) is 0.369. The molecule has 4 N–H and O–H groups in total. The Morgan fingerprint density at radius 1 is 1.29 bits per heavy atom. The smallest absolute Gasteiger partial charge is 0.404 e. The minimum atomic E-state index is -0.962. The standard InChI is InChI=1S/C13H15N3O5/c14-13(19)20-7-9-10(11(17)15-9)12(18)16-21-6-8-4-2-1-3-5-8/h1-5,9-10H,6-7H2,(H2,14,19)(H,15,17)(H,16,18)/t9-,10+/m1/s1. The van der Waals surface area contributed by atoms with Gasteiger partial charge in [0, 0.05) is 0 Å². The van der Waals surface area contributed by atoms with Crippen molar-refractivity contribution < 1.29 is 24.0 Å². The maximum atomic E-state index is 11.8. The maximum absolute atomic E-state index is 11.8. The van der Waals surface area contributed by atoms with Crippen molar-refractivity contribution >= 4 is 17.9 Å². The Morgan fingerprint density at radius 2 is 2.00 bits per heavy atom. The van der Waals surface area contributed by atoms with E-state index < -0.39 is 29.9 Å². The second kappa shape index (κ2) is 6.71. The number of carbonyl (C=O) groups excluding carboxylic acids is 3. The van der Waals surface area contributed by atoms with Gasteiger partial charge in [0.05, 0.1) is 12.6 Å². The lowest BCUT2D eigenvalue weighted by atomic mass is 9.90. The topological polar surface area (TPSA) is 120 Å². The third kappa shape index (κ3) is 3.93. The molecule has 2 atom stereocenters. The molecule has 8 nitrogen and oxygen atoms in total. The average Bonchev–Trinajstić information content (AvgIpc) is 2.44. The number of carbonyl (C=O) groups is 3. The molecule has 0 saturated carbocycles. The van der Waals surface area contributed by atoms with Crippen LogP contribution in [0.15, 0.2) is 30.3 Å². The molecule has 3 amide bonds. The molecule has 0 aliphatic carbocycles. The minimum absolute atomic E-state index is 0.155. The van der Waals surface area contributed by atoms with Gasteiger partial charge in [-0.2, -0.15) is 0 Å². The summed E-state index contributed by atoms with van der Waals surface area (Å²) in [5.74, 6) is -2.00. The van der Waals surface area contributed by atoms with Crippen molar-refractivity contribution in [1.29, 1.82) is 0 Å². The first-order valence-electron chi connectivity index (χ1n) is 6.26. The van der Waals surface area contributed by atoms with Crippen molar-refractivity contribution in [2.75, 3.05) is 6.61 Å². The fraction of sp³-hybridized carbons (Fsp3) is 0.308. The van der Waals surface area contributed by atoms with Gasteiger partial charge in [-0.15, -0.1) is 0 Å². The zero-order valence-electron chi connectivity index (χ0n) is 11.1. The van der Waals surface area contributed by atoms with E-state index in [1.54, 1.807) is 0 Å². The molecule has 1 heterocycles. The van der Waals surface area contributed by atoms with Crippen LogP contribution < -0.4 is 16.5 Å². The molecule has 0 bridgehead atoms. The van der Waals surface area contributed by atoms with Gasteiger partial charge in [0.2, 0.25) is 5.91 Å². The van der Waals surface area contributed by atoms with Gasteiger partial charge < -0.3 is 15.8 Å². The van der Waals surface area contributed by atoms with Crippen LogP contribution in [0.25, 0.3) is 0 Å². The number of ether oxygens (including phenoxy) is 1. The monoisotopic (exact) mass is 293 g/mol. The number of nitrogens with one attached hydrogen (secondary N) is 2. The lowest BCUT2D eigenvalue weighted by Gasteiger charge is -2.34. The van der Waals surface area contributed by atoms with Gasteiger partial charge in [-0.3, -0.25) is 14.4 Å². The van der Waals surface area contributed by atoms with Crippen molar-refractivity contribution in [3.05, 3.63) is 35.9 Å². The summed E-state index contributed by atoms with van der Waals surface area (Å²) in [6.07, 6.45) is -0.962. The fourth-order valence-corrected chi connectivity index (χ4v) is 1.88. The number of amides is 3. The van der Waals surface area contributed by atoms with Crippen molar-refractivity contribution in [2.45, 2.75) is 12.6 Å². The first-order chi connectivity index (χ1) is 10.1. The summed E-state index contributed by atoms with van der Waals surface area (Å²) in [5.41, 5.74) is 7.91. The summed E-state index contributed by atoms with van der Waals surface area (Å²) in [4.78, 5) is 38.7. The Hall–Kier alpha value is -2.61. The van der Waals surface area contributed by atoms with Gasteiger partial charge in [-0.05, 0) is 5.56 Å². The summed E-state index contributed by atoms with van der Waals surface area (Å²) >= 11 is 0. The van der Waals surface area contributed by atoms with Crippen LogP contribution in [-0.4, -0.2) is 30.6 Å². The second-order valence-electron chi connectivity index (χ2n) is 4.46. The molecular weight excluding hydrogens is 278 g/mol. The number of nitrogens with two attached hydrogens (primary N) is 1. The number of benzene rings is 1. The van der Waals surface area contributed by atoms with Crippen LogP contribution in [0.1, 0.15) is 5.56 Å². The van der Waals surface area contributed by atoms with Crippen LogP contribution in [0.4, 0.5) is 4.79 Å². The first-order valence-corrected chi connectivity index (χ1v) is 6.26. The van der Waals surface area contributed by atoms with Crippen molar-refractivity contribution in [3.63, 3.8) is 0 Å². The predicted molar refractivity (Wildman–Crippen MR) is 70.3 cm³/mol. The number of primary amides is 1. The lowest BCUT2D eigenvalue weighted by Crippen LogP contribution is -2.65. The molecule has 21 heavy (non-hydrogen) atoms. The third-order valence-electron chi connectivity index (χ3n) is 2.95. The summed E-state index contributed by atoms with van der Waals surface area (Å²) in [5, 5.41) is 2.45. The average molecular weight is 293 g/mol. The summed E-state index contributed by atoms with van der Waals surface area (Å²) in [6, 6.07) is 8.64. The Kier molecular flexibility index (Phi) is 4.72. The van der Waals surface area contributed by atoms with E-state index in [-0.39, 0.29) is 13.2 Å². The Labute approximate surface area is 120 Å². The first kappa shape index (κ1) is 14.8. The van der Waals surface area contributed by atoms with E-state index in [9.17, 15) is 14.4 Å². The zero-order valence-corrected chi connectivity index (χ0v) is 11.1. The molecule has 112 valence electrons. The Bertz CT molecular complexity index is 534. The van der Waals surface area contributed by atoms with E-state index in [1.165, 1.54) is 0 Å². The maximum Gasteiger partial charge on any atom is 0.404 e. The molecule has 2 rings (SSSR count). The molecule has 0 unspecified atom stereocenters. The van der Waals surface area contributed by atoms with Crippen LogP contribution >= 0.6 is 0 Å². The van der Waals surface area contributed by atoms with Gasteiger partial charge >= 0.3 is 6.09 Å². The van der Waals surface area contributed by atoms with Crippen LogP contribution in [0, 0.1) is 5.92 Å². The second-order valence-corrected chi connectivity index (χ2v) is 4.46. The molecule has 1 saturated heterocycles. The van der Waals surface area contributed by atoms with Gasteiger partial charge in [0.15, 0.2) is 0 Å². The molecule has 8 heteroatoms. The van der Waals surface area contributed by atoms with Crippen LogP contribution in [0.5, 0.6) is 0 Å². The largest absolute Gasteiger partial charge is 0.447 e. The highest BCUT2D eigenvalue weighted by molar-refractivity contribution is 6.05. The highest BCUT2D eigenvalue weighted by atomic mass is 16.7. The van der Waals surface area contributed by atoms with Crippen LogP contribution in [-0.2, 0) is 25.8 Å².